The predicted molar refractivity (Wildman–Crippen MR) is 110 cm³/mol. The Hall–Kier alpha value is -3.45. The van der Waals surface area contributed by atoms with E-state index >= 15 is 0 Å². The zero-order chi connectivity index (χ0) is 21.2. The summed E-state index contributed by atoms with van der Waals surface area (Å²) in [7, 11) is 0. The van der Waals surface area contributed by atoms with Crippen molar-refractivity contribution < 1.29 is 19.7 Å². The summed E-state index contributed by atoms with van der Waals surface area (Å²) in [6, 6.07) is 6.70. The van der Waals surface area contributed by atoms with Gasteiger partial charge in [-0.15, -0.1) is 0 Å². The van der Waals surface area contributed by atoms with Gasteiger partial charge in [-0.05, 0) is 49.2 Å². The lowest BCUT2D eigenvalue weighted by atomic mass is 9.87. The van der Waals surface area contributed by atoms with E-state index in [4.69, 9.17) is 9.72 Å². The minimum atomic E-state index is -2.00. The number of fused-ring (bicyclic) bond motifs is 5. The number of allylic oxidation sites excluding steroid dienone is 1. The number of aromatic nitrogens is 2. The monoisotopic (exact) mass is 404 g/mol. The normalized spacial score (nSPS) is 19.6. The first-order chi connectivity index (χ1) is 14.4. The van der Waals surface area contributed by atoms with Crippen LogP contribution in [-0.2, 0) is 34.7 Å². The summed E-state index contributed by atoms with van der Waals surface area (Å²) in [6.07, 6.45) is 3.60. The minimum absolute atomic E-state index is 0.161. The Balaban J connectivity index is 1.84. The molecule has 1 atom stereocenters. The molecule has 0 saturated carbocycles. The van der Waals surface area contributed by atoms with Gasteiger partial charge in [0.25, 0.3) is 5.56 Å². The minimum Gasteiger partial charge on any atom is -0.508 e. The molecule has 1 unspecified atom stereocenters. The van der Waals surface area contributed by atoms with Gasteiger partial charge < -0.3 is 19.5 Å². The molecule has 7 nitrogen and oxygen atoms in total. The Morgan fingerprint density at radius 1 is 1.27 bits per heavy atom. The maximum absolute atomic E-state index is 13.3. The topological polar surface area (TPSA) is 102 Å². The van der Waals surface area contributed by atoms with Crippen LogP contribution in [0.3, 0.4) is 0 Å². The number of benzene rings is 1. The van der Waals surface area contributed by atoms with Crippen LogP contribution < -0.4 is 5.56 Å². The molecule has 30 heavy (non-hydrogen) atoms. The first-order valence-electron chi connectivity index (χ1n) is 9.84. The summed E-state index contributed by atoms with van der Waals surface area (Å²) < 4.78 is 6.73. The van der Waals surface area contributed by atoms with E-state index in [1.807, 2.05) is 6.92 Å². The van der Waals surface area contributed by atoms with Crippen LogP contribution in [0.4, 0.5) is 0 Å². The van der Waals surface area contributed by atoms with Gasteiger partial charge in [0.1, 0.15) is 12.4 Å². The van der Waals surface area contributed by atoms with E-state index in [-0.39, 0.29) is 29.0 Å². The molecule has 2 aliphatic heterocycles. The zero-order valence-corrected chi connectivity index (χ0v) is 16.6. The van der Waals surface area contributed by atoms with Gasteiger partial charge in [0.15, 0.2) is 0 Å². The number of nitrogens with zero attached hydrogens (tertiary/aromatic N) is 2. The van der Waals surface area contributed by atoms with Crippen molar-refractivity contribution in [3.8, 4) is 17.1 Å². The molecule has 0 saturated heterocycles. The molecular formula is C23H20N2O5. The summed E-state index contributed by atoms with van der Waals surface area (Å²) in [5, 5.41) is 21.8. The van der Waals surface area contributed by atoms with Gasteiger partial charge in [0.2, 0.25) is 5.60 Å². The van der Waals surface area contributed by atoms with Gasteiger partial charge in [-0.2, -0.15) is 0 Å². The van der Waals surface area contributed by atoms with Gasteiger partial charge in [-0.1, -0.05) is 13.0 Å². The van der Waals surface area contributed by atoms with Crippen molar-refractivity contribution >= 4 is 16.9 Å². The first kappa shape index (κ1) is 18.6. The van der Waals surface area contributed by atoms with Gasteiger partial charge >= 0.3 is 5.97 Å². The average Bonchev–Trinajstić information content (AvgIpc) is 3.09. The summed E-state index contributed by atoms with van der Waals surface area (Å²) in [6.45, 7) is 3.88. The molecule has 2 aromatic heterocycles. The Morgan fingerprint density at radius 2 is 2.07 bits per heavy atom. The number of hydrogen-bond donors (Lipinski definition) is 2. The number of esters is 1. The third-order valence-electron chi connectivity index (χ3n) is 5.98. The Labute approximate surface area is 171 Å². The predicted octanol–water partition coefficient (Wildman–Crippen LogP) is 2.51. The molecule has 152 valence electrons. The number of hydrogen-bond acceptors (Lipinski definition) is 6. The number of aromatic hydroxyl groups is 1. The molecule has 3 aromatic rings. The molecule has 0 bridgehead atoms. The number of aryl methyl sites for hydroxylation is 1. The fourth-order valence-electron chi connectivity index (χ4n) is 4.58. The Kier molecular flexibility index (Phi) is 3.88. The molecule has 0 amide bonds. The van der Waals surface area contributed by atoms with E-state index in [0.717, 1.165) is 16.5 Å². The SMILES string of the molecule is C/C=C/C1(O)C(=O)OCc2c1cc1n(c2=O)Cc2c-1nc1ccc(O)cc1c2CC. The molecule has 5 rings (SSSR count). The van der Waals surface area contributed by atoms with Crippen molar-refractivity contribution in [2.24, 2.45) is 0 Å². The number of rotatable bonds is 2. The summed E-state index contributed by atoms with van der Waals surface area (Å²) in [5.74, 6) is -0.638. The zero-order valence-electron chi connectivity index (χ0n) is 16.6. The quantitative estimate of drug-likeness (QED) is 0.393. The van der Waals surface area contributed by atoms with E-state index < -0.39 is 11.6 Å². The van der Waals surface area contributed by atoms with Crippen molar-refractivity contribution in [2.75, 3.05) is 0 Å². The maximum atomic E-state index is 13.3. The van der Waals surface area contributed by atoms with Crippen LogP contribution in [0.25, 0.3) is 22.3 Å². The summed E-state index contributed by atoms with van der Waals surface area (Å²) >= 11 is 0. The van der Waals surface area contributed by atoms with Crippen molar-refractivity contribution in [2.45, 2.75) is 39.0 Å². The van der Waals surface area contributed by atoms with Crippen LogP contribution in [0.15, 0.2) is 41.2 Å². The molecule has 0 aliphatic carbocycles. The Morgan fingerprint density at radius 3 is 2.80 bits per heavy atom. The number of cyclic esters (lactones) is 1. The van der Waals surface area contributed by atoms with Crippen LogP contribution in [0.2, 0.25) is 0 Å². The number of carbonyl (C=O) groups is 1. The van der Waals surface area contributed by atoms with Crippen molar-refractivity contribution in [3.63, 3.8) is 0 Å². The van der Waals surface area contributed by atoms with Crippen molar-refractivity contribution in [3.05, 3.63) is 69.0 Å². The molecule has 4 heterocycles. The highest BCUT2D eigenvalue weighted by Crippen LogP contribution is 2.40. The molecule has 7 heteroatoms. The van der Waals surface area contributed by atoms with Crippen LogP contribution >= 0.6 is 0 Å². The number of carbonyl (C=O) groups excluding carboxylic acids is 1. The van der Waals surface area contributed by atoms with Gasteiger partial charge in [-0.3, -0.25) is 4.79 Å². The van der Waals surface area contributed by atoms with E-state index in [0.29, 0.717) is 29.9 Å². The van der Waals surface area contributed by atoms with Crippen molar-refractivity contribution in [1.29, 1.82) is 0 Å². The lowest BCUT2D eigenvalue weighted by Gasteiger charge is -2.30. The third kappa shape index (κ3) is 2.32. The number of pyridine rings is 2. The van der Waals surface area contributed by atoms with E-state index in [9.17, 15) is 19.8 Å². The summed E-state index contributed by atoms with van der Waals surface area (Å²) in [5.41, 5.74) is 2.08. The molecule has 0 radical (unpaired) electrons. The largest absolute Gasteiger partial charge is 0.508 e. The van der Waals surface area contributed by atoms with Crippen LogP contribution in [0, 0.1) is 0 Å². The van der Waals surface area contributed by atoms with E-state index in [1.165, 1.54) is 6.08 Å². The molecule has 1 aromatic carbocycles. The van der Waals surface area contributed by atoms with Crippen LogP contribution in [0.5, 0.6) is 5.75 Å². The molecular weight excluding hydrogens is 384 g/mol. The molecule has 2 N–H and O–H groups in total. The van der Waals surface area contributed by atoms with Crippen LogP contribution in [0.1, 0.15) is 36.1 Å². The second-order valence-electron chi connectivity index (χ2n) is 7.63. The molecule has 2 aliphatic rings. The van der Waals surface area contributed by atoms with Gasteiger partial charge in [0, 0.05) is 16.5 Å². The van der Waals surface area contributed by atoms with Gasteiger partial charge in [0.05, 0.1) is 29.0 Å². The van der Waals surface area contributed by atoms with Gasteiger partial charge in [-0.25, -0.2) is 9.78 Å². The second kappa shape index (κ2) is 6.27. The fourth-order valence-corrected chi connectivity index (χ4v) is 4.58. The lowest BCUT2D eigenvalue weighted by molar-refractivity contribution is -0.166. The standard InChI is InChI=1S/C23H20N2O5/c1-3-7-23(29)17-9-19-20-15(10-25(19)21(27)16(17)11-30-22(23)28)13(4-2)14-8-12(26)5-6-18(14)24-20/h3,5-9,26,29H,4,10-11H2,1-2H3/b7-3+. The highest BCUT2D eigenvalue weighted by molar-refractivity contribution is 5.90. The maximum Gasteiger partial charge on any atom is 0.347 e. The van der Waals surface area contributed by atoms with E-state index in [2.05, 4.69) is 0 Å². The Bertz CT molecular complexity index is 1340. The highest BCUT2D eigenvalue weighted by atomic mass is 16.6. The first-order valence-corrected chi connectivity index (χ1v) is 9.84. The number of phenols is 1. The fraction of sp³-hybridized carbons (Fsp3) is 0.261. The van der Waals surface area contributed by atoms with Crippen molar-refractivity contribution in [1.82, 2.24) is 9.55 Å². The number of ether oxygens (including phenoxy) is 1. The second-order valence-corrected chi connectivity index (χ2v) is 7.63. The molecule has 0 spiro atoms. The smallest absolute Gasteiger partial charge is 0.347 e. The van der Waals surface area contributed by atoms with E-state index in [1.54, 1.807) is 41.8 Å². The summed E-state index contributed by atoms with van der Waals surface area (Å²) in [4.78, 5) is 30.4. The number of aliphatic hydroxyl groups is 1. The highest BCUT2D eigenvalue weighted by Gasteiger charge is 2.45. The van der Waals surface area contributed by atoms with Crippen LogP contribution in [-0.4, -0.2) is 25.7 Å². The number of phenolic OH excluding ortho intramolecular Hbond substituents is 1. The average molecular weight is 404 g/mol. The lowest BCUT2D eigenvalue weighted by Crippen LogP contribution is -2.43. The molecule has 0 fully saturated rings. The third-order valence-corrected chi connectivity index (χ3v) is 5.98.